The van der Waals surface area contributed by atoms with Crippen LogP contribution in [0.3, 0.4) is 0 Å². The first-order valence-corrected chi connectivity index (χ1v) is 12.2. The number of carbonyl (C=O) groups is 1. The summed E-state index contributed by atoms with van der Waals surface area (Å²) in [5.74, 6) is -0.336. The van der Waals surface area contributed by atoms with Crippen molar-refractivity contribution in [3.05, 3.63) is 39.5 Å². The zero-order valence-electron chi connectivity index (χ0n) is 10.7. The molecule has 0 aliphatic rings. The largest absolute Gasteiger partial charge is 0.298 e. The van der Waals surface area contributed by atoms with Gasteiger partial charge in [0.25, 0.3) is 0 Å². The molecule has 0 aliphatic carbocycles. The van der Waals surface area contributed by atoms with Crippen LogP contribution in [0.1, 0.15) is 21.6 Å². The lowest BCUT2D eigenvalue weighted by molar-refractivity contribution is -0.120. The molecule has 0 saturated carbocycles. The summed E-state index contributed by atoms with van der Waals surface area (Å²) in [6.45, 7) is 0. The van der Waals surface area contributed by atoms with Gasteiger partial charge in [-0.15, -0.1) is 22.7 Å². The average Bonchev–Trinajstić information content (AvgIpc) is 2.95. The van der Waals surface area contributed by atoms with E-state index in [0.29, 0.717) is 19.3 Å². The second kappa shape index (κ2) is 8.79. The minimum absolute atomic E-state index is 0.143. The van der Waals surface area contributed by atoms with E-state index in [1.54, 1.807) is 0 Å². The highest BCUT2D eigenvalue weighted by atomic mass is 79.9. The Bertz CT molecular complexity index is 590. The van der Waals surface area contributed by atoms with Crippen LogP contribution in [0, 0.1) is 0 Å². The maximum Gasteiger partial charge on any atom is 0.151 e. The van der Waals surface area contributed by atoms with Crippen molar-refractivity contribution in [1.29, 1.82) is 0 Å². The van der Waals surface area contributed by atoms with Crippen LogP contribution in [0.4, 0.5) is 0 Å². The highest BCUT2D eigenvalue weighted by Gasteiger charge is 2.31. The molecule has 2 heterocycles. The Hall–Kier alpha value is 1.57. The van der Waals surface area contributed by atoms with Crippen LogP contribution in [-0.4, -0.2) is 16.4 Å². The van der Waals surface area contributed by atoms with Gasteiger partial charge in [0.2, 0.25) is 0 Å². The maximum absolute atomic E-state index is 13.0. The van der Waals surface area contributed by atoms with Crippen molar-refractivity contribution in [2.75, 3.05) is 10.7 Å². The first-order valence-electron chi connectivity index (χ1n) is 5.94. The van der Waals surface area contributed by atoms with Gasteiger partial charge in [0.15, 0.2) is 5.78 Å². The molecule has 9 heteroatoms. The molecule has 1 nitrogen and oxygen atoms in total. The molecule has 120 valence electrons. The number of hydrogen-bond acceptors (Lipinski definition) is 3. The molecule has 0 N–H and O–H groups in total. The van der Waals surface area contributed by atoms with Crippen LogP contribution >= 0.6 is 110 Å². The molecule has 0 saturated heterocycles. The molecule has 0 bridgehead atoms. The van der Waals surface area contributed by atoms with E-state index >= 15 is 0 Å². The van der Waals surface area contributed by atoms with E-state index in [4.69, 9.17) is 23.2 Å². The Morgan fingerprint density at radius 1 is 0.955 bits per heavy atom. The quantitative estimate of drug-likeness (QED) is 0.296. The van der Waals surface area contributed by atoms with E-state index in [1.807, 2.05) is 12.1 Å². The fourth-order valence-corrected chi connectivity index (χ4v) is 7.35. The van der Waals surface area contributed by atoms with Crippen LogP contribution in [0.25, 0.3) is 0 Å². The summed E-state index contributed by atoms with van der Waals surface area (Å²) in [5.41, 5.74) is 0. The molecule has 0 aromatic carbocycles. The van der Waals surface area contributed by atoms with Crippen LogP contribution in [-0.2, 0) is 4.79 Å². The van der Waals surface area contributed by atoms with Crippen LogP contribution in [0.2, 0.25) is 8.67 Å². The second-order valence-electron chi connectivity index (χ2n) is 4.36. The number of carbonyl (C=O) groups excluding carboxylic acids is 1. The molecule has 2 aromatic heterocycles. The summed E-state index contributed by atoms with van der Waals surface area (Å²) in [6, 6.07) is 3.83. The number of alkyl halides is 2. The van der Waals surface area contributed by atoms with Crippen LogP contribution in [0.5, 0.6) is 0 Å². The molecule has 22 heavy (non-hydrogen) atoms. The average molecular weight is 635 g/mol. The van der Waals surface area contributed by atoms with Crippen LogP contribution in [0.15, 0.2) is 21.1 Å². The molecule has 2 unspecified atom stereocenters. The predicted octanol–water partition coefficient (Wildman–Crippen LogP) is 7.87. The van der Waals surface area contributed by atoms with E-state index in [9.17, 15) is 4.79 Å². The highest BCUT2D eigenvalue weighted by Crippen LogP contribution is 2.42. The van der Waals surface area contributed by atoms with Gasteiger partial charge in [-0.1, -0.05) is 55.1 Å². The molecule has 2 aromatic rings. The number of thiophene rings is 2. The number of halogens is 6. The van der Waals surface area contributed by atoms with Crippen molar-refractivity contribution in [1.82, 2.24) is 0 Å². The zero-order valence-corrected chi connectivity index (χ0v) is 20.2. The van der Waals surface area contributed by atoms with Gasteiger partial charge in [-0.2, -0.15) is 0 Å². The summed E-state index contributed by atoms with van der Waals surface area (Å²) in [6.07, 6.45) is 0. The second-order valence-corrected chi connectivity index (χ2v) is 10.7. The van der Waals surface area contributed by atoms with Gasteiger partial charge < -0.3 is 0 Å². The van der Waals surface area contributed by atoms with E-state index < -0.39 is 0 Å². The molecule has 0 aliphatic heterocycles. The zero-order chi connectivity index (χ0) is 16.4. The topological polar surface area (TPSA) is 17.1 Å². The monoisotopic (exact) mass is 630 g/mol. The number of hydrogen-bond donors (Lipinski definition) is 0. The summed E-state index contributed by atoms with van der Waals surface area (Å²) in [4.78, 5) is 14.9. The SMILES string of the molecule is O=C(C(CBr)c1cc(Br)c(Cl)s1)C(CBr)c1cc(Br)c(Cl)s1. The molecule has 0 radical (unpaired) electrons. The molecule has 0 fully saturated rings. The van der Waals surface area contributed by atoms with Crippen molar-refractivity contribution in [2.24, 2.45) is 0 Å². The Labute approximate surface area is 180 Å². The van der Waals surface area contributed by atoms with Crippen molar-refractivity contribution in [3.8, 4) is 0 Å². The number of rotatable bonds is 6. The Morgan fingerprint density at radius 2 is 1.32 bits per heavy atom. The van der Waals surface area contributed by atoms with Gasteiger partial charge in [-0.25, -0.2) is 0 Å². The minimum Gasteiger partial charge on any atom is -0.298 e. The Balaban J connectivity index is 2.33. The third-order valence-electron chi connectivity index (χ3n) is 3.01. The fraction of sp³-hybridized carbons (Fsp3) is 0.308. The molecule has 2 rings (SSSR count). The lowest BCUT2D eigenvalue weighted by Gasteiger charge is -2.17. The van der Waals surface area contributed by atoms with Crippen molar-refractivity contribution in [2.45, 2.75) is 11.8 Å². The maximum atomic E-state index is 13.0. The van der Waals surface area contributed by atoms with Crippen molar-refractivity contribution >= 4 is 115 Å². The van der Waals surface area contributed by atoms with E-state index in [1.165, 1.54) is 22.7 Å². The smallest absolute Gasteiger partial charge is 0.151 e. The van der Waals surface area contributed by atoms with Gasteiger partial charge in [0, 0.05) is 29.4 Å². The van der Waals surface area contributed by atoms with Gasteiger partial charge in [0.1, 0.15) is 8.67 Å². The first-order chi connectivity index (χ1) is 10.4. The lowest BCUT2D eigenvalue weighted by atomic mass is 9.93. The standard InChI is InChI=1S/C13H8Br4Cl2OS2/c14-3-5(9-1-7(16)12(18)21-9)11(20)6(4-15)10-2-8(17)13(19)22-10/h1-2,5-6H,3-4H2. The van der Waals surface area contributed by atoms with Crippen molar-refractivity contribution < 1.29 is 4.79 Å². The van der Waals surface area contributed by atoms with Crippen molar-refractivity contribution in [3.63, 3.8) is 0 Å². The highest BCUT2D eigenvalue weighted by molar-refractivity contribution is 9.11. The Morgan fingerprint density at radius 3 is 1.55 bits per heavy atom. The fourth-order valence-electron chi connectivity index (χ4n) is 1.90. The molecule has 0 spiro atoms. The van der Waals surface area contributed by atoms with E-state index in [0.717, 1.165) is 18.7 Å². The normalized spacial score (nSPS) is 14.1. The first kappa shape index (κ1) is 19.9. The summed E-state index contributed by atoms with van der Waals surface area (Å²) in [7, 11) is 0. The number of ketones is 1. The number of Topliss-reactive ketones (excluding diaryl/α,β-unsaturated/α-hetero) is 1. The van der Waals surface area contributed by atoms with Crippen LogP contribution < -0.4 is 0 Å². The molecular formula is C13H8Br4Cl2OS2. The van der Waals surface area contributed by atoms with Gasteiger partial charge in [-0.3, -0.25) is 4.79 Å². The molecule has 2 atom stereocenters. The molecular weight excluding hydrogens is 627 g/mol. The summed E-state index contributed by atoms with van der Waals surface area (Å²) >= 11 is 28.8. The molecule has 0 amide bonds. The summed E-state index contributed by atoms with van der Waals surface area (Å²) in [5, 5.41) is 1.11. The van der Waals surface area contributed by atoms with Gasteiger partial charge in [0.05, 0.1) is 11.8 Å². The lowest BCUT2D eigenvalue weighted by Crippen LogP contribution is -2.21. The third kappa shape index (κ3) is 4.40. The van der Waals surface area contributed by atoms with E-state index in [2.05, 4.69) is 63.7 Å². The summed E-state index contributed by atoms with van der Waals surface area (Å²) < 4.78 is 2.97. The predicted molar refractivity (Wildman–Crippen MR) is 112 cm³/mol. The van der Waals surface area contributed by atoms with Gasteiger partial charge >= 0.3 is 0 Å². The third-order valence-corrected chi connectivity index (χ3v) is 9.48. The minimum atomic E-state index is -0.240. The van der Waals surface area contributed by atoms with Gasteiger partial charge in [-0.05, 0) is 44.0 Å². The van der Waals surface area contributed by atoms with E-state index in [-0.39, 0.29) is 17.6 Å². The Kier molecular flexibility index (Phi) is 7.94.